The number of carbonyl (C=O) groups is 1. The van der Waals surface area contributed by atoms with Gasteiger partial charge in [-0.3, -0.25) is 4.79 Å². The highest BCUT2D eigenvalue weighted by molar-refractivity contribution is 6.00. The Bertz CT molecular complexity index is 484. The van der Waals surface area contributed by atoms with Gasteiger partial charge in [0.2, 0.25) is 0 Å². The number of nitrogens with zero attached hydrogens (tertiary/aromatic N) is 1. The molecule has 2 N–H and O–H groups in total. The van der Waals surface area contributed by atoms with E-state index in [0.29, 0.717) is 28.8 Å². The molecule has 1 aromatic rings. The molecule has 1 amide bonds. The maximum atomic E-state index is 12.4. The number of anilines is 1. The van der Waals surface area contributed by atoms with Crippen LogP contribution < -0.4 is 15.2 Å². The lowest BCUT2D eigenvalue weighted by molar-refractivity contribution is 0.0652. The molecule has 104 valence electrons. The van der Waals surface area contributed by atoms with E-state index < -0.39 is 0 Å². The molecular weight excluding hydrogens is 244 g/mol. The lowest BCUT2D eigenvalue weighted by Crippen LogP contribution is -2.41. The number of amides is 1. The lowest BCUT2D eigenvalue weighted by atomic mass is 9.91. The standard InChI is InChI=1S/C14H20N2O3/c1-16(9-5-4-6-9)14(17)10-7-12(18-2)13(19-3)8-11(10)15/h7-9H,4-6,15H2,1-3H3. The molecule has 0 atom stereocenters. The van der Waals surface area contributed by atoms with Crippen LogP contribution in [0.5, 0.6) is 11.5 Å². The fraction of sp³-hybridized carbons (Fsp3) is 0.500. The van der Waals surface area contributed by atoms with Crippen molar-refractivity contribution in [2.24, 2.45) is 0 Å². The van der Waals surface area contributed by atoms with Crippen molar-refractivity contribution >= 4 is 11.6 Å². The van der Waals surface area contributed by atoms with Gasteiger partial charge in [-0.25, -0.2) is 0 Å². The summed E-state index contributed by atoms with van der Waals surface area (Å²) in [5.74, 6) is 0.980. The third-order valence-electron chi connectivity index (χ3n) is 3.73. The van der Waals surface area contributed by atoms with Crippen LogP contribution in [0.4, 0.5) is 5.69 Å². The molecule has 5 nitrogen and oxygen atoms in total. The molecule has 1 fully saturated rings. The first-order chi connectivity index (χ1) is 9.08. The van der Waals surface area contributed by atoms with Crippen LogP contribution in [0, 0.1) is 0 Å². The molecule has 0 heterocycles. The van der Waals surface area contributed by atoms with Crippen molar-refractivity contribution in [2.75, 3.05) is 27.0 Å². The highest BCUT2D eigenvalue weighted by atomic mass is 16.5. The zero-order valence-electron chi connectivity index (χ0n) is 11.6. The molecule has 0 aromatic heterocycles. The molecule has 2 rings (SSSR count). The van der Waals surface area contributed by atoms with E-state index in [4.69, 9.17) is 15.2 Å². The minimum absolute atomic E-state index is 0.0665. The van der Waals surface area contributed by atoms with Gasteiger partial charge in [0.15, 0.2) is 11.5 Å². The predicted molar refractivity (Wildman–Crippen MR) is 73.7 cm³/mol. The Kier molecular flexibility index (Phi) is 3.83. The summed E-state index contributed by atoms with van der Waals surface area (Å²) in [6.07, 6.45) is 3.31. The Morgan fingerprint density at radius 2 is 1.84 bits per heavy atom. The lowest BCUT2D eigenvalue weighted by Gasteiger charge is -2.35. The average Bonchev–Trinajstić information content (AvgIpc) is 2.35. The Hall–Kier alpha value is -1.91. The highest BCUT2D eigenvalue weighted by Crippen LogP contribution is 2.33. The van der Waals surface area contributed by atoms with Crippen molar-refractivity contribution in [3.8, 4) is 11.5 Å². The van der Waals surface area contributed by atoms with Crippen molar-refractivity contribution in [3.05, 3.63) is 17.7 Å². The summed E-state index contributed by atoms with van der Waals surface area (Å²) in [4.78, 5) is 14.2. The minimum Gasteiger partial charge on any atom is -0.493 e. The number of benzene rings is 1. The van der Waals surface area contributed by atoms with Crippen molar-refractivity contribution in [2.45, 2.75) is 25.3 Å². The van der Waals surface area contributed by atoms with E-state index in [1.54, 1.807) is 24.1 Å². The molecule has 0 unspecified atom stereocenters. The molecule has 1 aromatic carbocycles. The Morgan fingerprint density at radius 3 is 2.32 bits per heavy atom. The van der Waals surface area contributed by atoms with Gasteiger partial charge in [-0.1, -0.05) is 0 Å². The summed E-state index contributed by atoms with van der Waals surface area (Å²) in [6, 6.07) is 3.60. The van der Waals surface area contributed by atoms with Crippen LogP contribution in [0.2, 0.25) is 0 Å². The van der Waals surface area contributed by atoms with Gasteiger partial charge in [0.25, 0.3) is 5.91 Å². The summed E-state index contributed by atoms with van der Waals surface area (Å²) in [6.45, 7) is 0. The Morgan fingerprint density at radius 1 is 1.26 bits per heavy atom. The van der Waals surface area contributed by atoms with Gasteiger partial charge < -0.3 is 20.1 Å². The van der Waals surface area contributed by atoms with E-state index in [1.165, 1.54) is 13.5 Å². The average molecular weight is 264 g/mol. The number of hydrogen-bond donors (Lipinski definition) is 1. The number of rotatable bonds is 4. The van der Waals surface area contributed by atoms with Crippen molar-refractivity contribution in [3.63, 3.8) is 0 Å². The maximum absolute atomic E-state index is 12.4. The van der Waals surface area contributed by atoms with Crippen LogP contribution in [0.15, 0.2) is 12.1 Å². The first kappa shape index (κ1) is 13.5. The van der Waals surface area contributed by atoms with Gasteiger partial charge in [-0.2, -0.15) is 0 Å². The molecule has 0 bridgehead atoms. The van der Waals surface area contributed by atoms with Gasteiger partial charge in [-0.15, -0.1) is 0 Å². The summed E-state index contributed by atoms with van der Waals surface area (Å²) < 4.78 is 10.4. The topological polar surface area (TPSA) is 64.8 Å². The van der Waals surface area contributed by atoms with Crippen LogP contribution in [-0.4, -0.2) is 38.1 Å². The first-order valence-corrected chi connectivity index (χ1v) is 6.37. The second-order valence-corrected chi connectivity index (χ2v) is 4.80. The summed E-state index contributed by atoms with van der Waals surface area (Å²) in [7, 11) is 4.90. The zero-order valence-corrected chi connectivity index (χ0v) is 11.6. The Balaban J connectivity index is 2.30. The fourth-order valence-electron chi connectivity index (χ4n) is 2.21. The predicted octanol–water partition coefficient (Wildman–Crippen LogP) is 1.91. The quantitative estimate of drug-likeness (QED) is 0.844. The molecule has 0 spiro atoms. The molecule has 1 saturated carbocycles. The van der Waals surface area contributed by atoms with Gasteiger partial charge in [0.05, 0.1) is 19.8 Å². The van der Waals surface area contributed by atoms with E-state index in [9.17, 15) is 4.79 Å². The second kappa shape index (κ2) is 5.38. The molecule has 0 saturated heterocycles. The molecule has 1 aliphatic rings. The normalized spacial score (nSPS) is 14.7. The maximum Gasteiger partial charge on any atom is 0.256 e. The molecule has 0 radical (unpaired) electrons. The number of methoxy groups -OCH3 is 2. The van der Waals surface area contributed by atoms with E-state index in [1.807, 2.05) is 7.05 Å². The fourth-order valence-corrected chi connectivity index (χ4v) is 2.21. The summed E-state index contributed by atoms with van der Waals surface area (Å²) >= 11 is 0. The van der Waals surface area contributed by atoms with Gasteiger partial charge in [0, 0.05) is 24.8 Å². The SMILES string of the molecule is COc1cc(N)c(C(=O)N(C)C2CCC2)cc1OC. The van der Waals surface area contributed by atoms with E-state index in [0.717, 1.165) is 12.8 Å². The summed E-state index contributed by atoms with van der Waals surface area (Å²) in [5, 5.41) is 0. The van der Waals surface area contributed by atoms with Crippen molar-refractivity contribution in [1.29, 1.82) is 0 Å². The van der Waals surface area contributed by atoms with Crippen LogP contribution >= 0.6 is 0 Å². The highest BCUT2D eigenvalue weighted by Gasteiger charge is 2.28. The number of nitrogens with two attached hydrogens (primary N) is 1. The van der Waals surface area contributed by atoms with Crippen LogP contribution in [0.25, 0.3) is 0 Å². The molecule has 0 aliphatic heterocycles. The molecule has 19 heavy (non-hydrogen) atoms. The van der Waals surface area contributed by atoms with Gasteiger partial charge >= 0.3 is 0 Å². The first-order valence-electron chi connectivity index (χ1n) is 6.37. The third kappa shape index (κ3) is 2.45. The molecule has 5 heteroatoms. The van der Waals surface area contributed by atoms with Gasteiger partial charge in [-0.05, 0) is 25.3 Å². The number of carbonyl (C=O) groups excluding carboxylic acids is 1. The smallest absolute Gasteiger partial charge is 0.256 e. The number of hydrogen-bond acceptors (Lipinski definition) is 4. The van der Waals surface area contributed by atoms with Crippen molar-refractivity contribution < 1.29 is 14.3 Å². The van der Waals surface area contributed by atoms with Crippen molar-refractivity contribution in [1.82, 2.24) is 4.90 Å². The van der Waals surface area contributed by atoms with E-state index >= 15 is 0 Å². The minimum atomic E-state index is -0.0665. The number of ether oxygens (including phenoxy) is 2. The van der Waals surface area contributed by atoms with E-state index in [2.05, 4.69) is 0 Å². The monoisotopic (exact) mass is 264 g/mol. The van der Waals surface area contributed by atoms with Crippen LogP contribution in [-0.2, 0) is 0 Å². The summed E-state index contributed by atoms with van der Waals surface area (Å²) in [5.41, 5.74) is 6.81. The van der Waals surface area contributed by atoms with Gasteiger partial charge in [0.1, 0.15) is 0 Å². The Labute approximate surface area is 113 Å². The van der Waals surface area contributed by atoms with E-state index in [-0.39, 0.29) is 5.91 Å². The largest absolute Gasteiger partial charge is 0.493 e. The number of nitrogen functional groups attached to an aromatic ring is 1. The zero-order chi connectivity index (χ0) is 14.0. The third-order valence-corrected chi connectivity index (χ3v) is 3.73. The van der Waals surface area contributed by atoms with Crippen LogP contribution in [0.3, 0.4) is 0 Å². The molecule has 1 aliphatic carbocycles. The second-order valence-electron chi connectivity index (χ2n) is 4.80. The molecular formula is C14H20N2O3. The van der Waals surface area contributed by atoms with Crippen LogP contribution in [0.1, 0.15) is 29.6 Å².